The monoisotopic (exact) mass is 289 g/mol. The summed E-state index contributed by atoms with van der Waals surface area (Å²) in [6.07, 6.45) is 5.69. The third-order valence-corrected chi connectivity index (χ3v) is 3.91. The van der Waals surface area contributed by atoms with Gasteiger partial charge in [0.1, 0.15) is 0 Å². The van der Waals surface area contributed by atoms with E-state index in [0.717, 1.165) is 38.1 Å². The molecule has 1 saturated heterocycles. The standard InChI is InChI=1S/C15H19N3OS/c20-15(16-10-12-5-3-9-19-12)18-17-14-8-7-11-4-1-2-6-13(11)14/h1-2,4,6,8,12,17H,3,5,7,9-10H2,(H2,16,18,20)/t12-/m1/s1. The first-order chi connectivity index (χ1) is 9.83. The fourth-order valence-electron chi connectivity index (χ4n) is 2.58. The van der Waals surface area contributed by atoms with Crippen LogP contribution in [-0.2, 0) is 11.2 Å². The topological polar surface area (TPSA) is 45.3 Å². The summed E-state index contributed by atoms with van der Waals surface area (Å²) >= 11 is 5.25. The zero-order valence-corrected chi connectivity index (χ0v) is 12.1. The molecule has 3 rings (SSSR count). The van der Waals surface area contributed by atoms with E-state index < -0.39 is 0 Å². The molecule has 1 aliphatic carbocycles. The second-order valence-corrected chi connectivity index (χ2v) is 5.48. The van der Waals surface area contributed by atoms with Gasteiger partial charge in [0.05, 0.1) is 11.8 Å². The minimum Gasteiger partial charge on any atom is -0.376 e. The summed E-state index contributed by atoms with van der Waals surface area (Å²) < 4.78 is 5.55. The van der Waals surface area contributed by atoms with Gasteiger partial charge in [-0.15, -0.1) is 0 Å². The number of thiocarbonyl (C=S) groups is 1. The van der Waals surface area contributed by atoms with Crippen molar-refractivity contribution in [3.63, 3.8) is 0 Å². The zero-order valence-electron chi connectivity index (χ0n) is 11.3. The third-order valence-electron chi connectivity index (χ3n) is 3.66. The Morgan fingerprint density at radius 1 is 1.35 bits per heavy atom. The largest absolute Gasteiger partial charge is 0.376 e. The molecule has 2 aliphatic rings. The van der Waals surface area contributed by atoms with Crippen LogP contribution in [0.1, 0.15) is 24.0 Å². The van der Waals surface area contributed by atoms with Crippen LogP contribution in [0.3, 0.4) is 0 Å². The highest BCUT2D eigenvalue weighted by Gasteiger charge is 2.16. The predicted molar refractivity (Wildman–Crippen MR) is 84.0 cm³/mol. The summed E-state index contributed by atoms with van der Waals surface area (Å²) in [4.78, 5) is 0. The summed E-state index contributed by atoms with van der Waals surface area (Å²) in [5.41, 5.74) is 9.88. The molecule has 0 unspecified atom stereocenters. The average Bonchev–Trinajstić information content (AvgIpc) is 3.12. The van der Waals surface area contributed by atoms with Gasteiger partial charge in [-0.05, 0) is 37.0 Å². The Bertz CT molecular complexity index is 524. The van der Waals surface area contributed by atoms with Crippen LogP contribution in [0, 0.1) is 0 Å². The Morgan fingerprint density at radius 2 is 2.25 bits per heavy atom. The van der Waals surface area contributed by atoms with Crippen molar-refractivity contribution in [1.82, 2.24) is 16.2 Å². The highest BCUT2D eigenvalue weighted by molar-refractivity contribution is 7.80. The number of ether oxygens (including phenoxy) is 1. The minimum atomic E-state index is 0.293. The molecule has 1 aliphatic heterocycles. The second-order valence-electron chi connectivity index (χ2n) is 5.07. The lowest BCUT2D eigenvalue weighted by Crippen LogP contribution is -2.45. The maximum atomic E-state index is 5.55. The van der Waals surface area contributed by atoms with E-state index in [9.17, 15) is 0 Å². The molecule has 0 radical (unpaired) electrons. The average molecular weight is 289 g/mol. The van der Waals surface area contributed by atoms with Crippen molar-refractivity contribution in [3.8, 4) is 0 Å². The Kier molecular flexibility index (Phi) is 4.18. The number of hydrogen-bond donors (Lipinski definition) is 3. The molecule has 0 spiro atoms. The summed E-state index contributed by atoms with van der Waals surface area (Å²) in [7, 11) is 0. The molecule has 4 nitrogen and oxygen atoms in total. The molecule has 20 heavy (non-hydrogen) atoms. The number of allylic oxidation sites excluding steroid dienone is 1. The molecule has 5 heteroatoms. The molecule has 1 aromatic rings. The number of fused-ring (bicyclic) bond motifs is 1. The first kappa shape index (κ1) is 13.4. The van der Waals surface area contributed by atoms with Crippen molar-refractivity contribution >= 4 is 23.0 Å². The van der Waals surface area contributed by atoms with Crippen LogP contribution in [0.15, 0.2) is 30.3 Å². The molecule has 0 amide bonds. The lowest BCUT2D eigenvalue weighted by molar-refractivity contribution is 0.114. The van der Waals surface area contributed by atoms with Crippen LogP contribution in [0.25, 0.3) is 5.70 Å². The van der Waals surface area contributed by atoms with Crippen molar-refractivity contribution in [2.75, 3.05) is 13.2 Å². The lowest BCUT2D eigenvalue weighted by atomic mass is 10.1. The molecule has 1 heterocycles. The Hall–Kier alpha value is -1.59. The zero-order chi connectivity index (χ0) is 13.8. The van der Waals surface area contributed by atoms with Gasteiger partial charge in [-0.2, -0.15) is 0 Å². The first-order valence-corrected chi connectivity index (χ1v) is 7.43. The Morgan fingerprint density at radius 3 is 3.10 bits per heavy atom. The predicted octanol–water partition coefficient (Wildman–Crippen LogP) is 1.73. The van der Waals surface area contributed by atoms with Crippen molar-refractivity contribution in [2.24, 2.45) is 0 Å². The van der Waals surface area contributed by atoms with E-state index in [1.807, 2.05) is 6.07 Å². The van der Waals surface area contributed by atoms with Crippen molar-refractivity contribution in [1.29, 1.82) is 0 Å². The molecule has 106 valence electrons. The molecule has 1 aromatic carbocycles. The number of hydrogen-bond acceptors (Lipinski definition) is 3. The quantitative estimate of drug-likeness (QED) is 0.582. The van der Waals surface area contributed by atoms with Gasteiger partial charge < -0.3 is 10.1 Å². The molecular weight excluding hydrogens is 270 g/mol. The maximum Gasteiger partial charge on any atom is 0.185 e. The molecule has 0 aromatic heterocycles. The SMILES string of the molecule is S=C(NC[C@H]1CCCO1)NNC1=CCc2ccccc21. The van der Waals surface area contributed by atoms with Gasteiger partial charge in [-0.1, -0.05) is 30.3 Å². The van der Waals surface area contributed by atoms with Gasteiger partial charge in [-0.25, -0.2) is 0 Å². The smallest absolute Gasteiger partial charge is 0.185 e. The Labute approximate surface area is 124 Å². The van der Waals surface area contributed by atoms with Gasteiger partial charge in [-0.3, -0.25) is 10.9 Å². The number of benzene rings is 1. The van der Waals surface area contributed by atoms with Crippen LogP contribution in [0.4, 0.5) is 0 Å². The van der Waals surface area contributed by atoms with E-state index in [0.29, 0.717) is 11.2 Å². The normalized spacial score (nSPS) is 20.2. The van der Waals surface area contributed by atoms with E-state index in [2.05, 4.69) is 40.4 Å². The van der Waals surface area contributed by atoms with Crippen LogP contribution >= 0.6 is 12.2 Å². The van der Waals surface area contributed by atoms with E-state index >= 15 is 0 Å². The Balaban J connectivity index is 1.44. The third kappa shape index (κ3) is 3.11. The van der Waals surface area contributed by atoms with Gasteiger partial charge in [0.15, 0.2) is 5.11 Å². The summed E-state index contributed by atoms with van der Waals surface area (Å²) in [6.45, 7) is 1.64. The van der Waals surface area contributed by atoms with Gasteiger partial charge >= 0.3 is 0 Å². The molecular formula is C15H19N3OS. The number of rotatable bonds is 4. The second kappa shape index (κ2) is 6.24. The summed E-state index contributed by atoms with van der Waals surface area (Å²) in [5.74, 6) is 0. The van der Waals surface area contributed by atoms with Gasteiger partial charge in [0, 0.05) is 18.7 Å². The molecule has 3 N–H and O–H groups in total. The van der Waals surface area contributed by atoms with Crippen LogP contribution in [0.2, 0.25) is 0 Å². The fourth-order valence-corrected chi connectivity index (χ4v) is 2.72. The van der Waals surface area contributed by atoms with Crippen LogP contribution < -0.4 is 16.2 Å². The molecule has 1 fully saturated rings. The van der Waals surface area contributed by atoms with E-state index in [1.54, 1.807) is 0 Å². The summed E-state index contributed by atoms with van der Waals surface area (Å²) in [5, 5.41) is 3.78. The number of nitrogens with one attached hydrogen (secondary N) is 3. The summed E-state index contributed by atoms with van der Waals surface area (Å²) in [6, 6.07) is 8.38. The van der Waals surface area contributed by atoms with E-state index in [1.165, 1.54) is 11.1 Å². The number of hydrazine groups is 1. The molecule has 0 bridgehead atoms. The highest BCUT2D eigenvalue weighted by atomic mass is 32.1. The van der Waals surface area contributed by atoms with Crippen molar-refractivity contribution in [2.45, 2.75) is 25.4 Å². The lowest BCUT2D eigenvalue weighted by Gasteiger charge is -2.16. The first-order valence-electron chi connectivity index (χ1n) is 7.03. The minimum absolute atomic E-state index is 0.293. The maximum absolute atomic E-state index is 5.55. The van der Waals surface area contributed by atoms with Gasteiger partial charge in [0.25, 0.3) is 0 Å². The van der Waals surface area contributed by atoms with Crippen molar-refractivity contribution in [3.05, 3.63) is 41.5 Å². The van der Waals surface area contributed by atoms with Crippen molar-refractivity contribution < 1.29 is 4.74 Å². The van der Waals surface area contributed by atoms with E-state index in [-0.39, 0.29) is 0 Å². The van der Waals surface area contributed by atoms with Gasteiger partial charge in [0.2, 0.25) is 0 Å². The van der Waals surface area contributed by atoms with Crippen LogP contribution in [0.5, 0.6) is 0 Å². The van der Waals surface area contributed by atoms with Crippen LogP contribution in [-0.4, -0.2) is 24.4 Å². The fraction of sp³-hybridized carbons (Fsp3) is 0.400. The van der Waals surface area contributed by atoms with E-state index in [4.69, 9.17) is 17.0 Å². The molecule has 1 atom stereocenters. The highest BCUT2D eigenvalue weighted by Crippen LogP contribution is 2.24. The molecule has 0 saturated carbocycles.